The van der Waals surface area contributed by atoms with Gasteiger partial charge in [-0.25, -0.2) is 4.98 Å². The zero-order chi connectivity index (χ0) is 21.1. The molecule has 0 N–H and O–H groups in total. The SMILES string of the molecule is COc1cc(Cl)c(C=Nn2c(-c3ccccc3)nc3ccccc3c2=O)cc1OC. The van der Waals surface area contributed by atoms with Crippen LogP contribution in [0.5, 0.6) is 11.5 Å². The molecule has 0 saturated heterocycles. The molecule has 4 rings (SSSR count). The molecule has 0 aliphatic rings. The first kappa shape index (κ1) is 19.7. The molecule has 6 nitrogen and oxygen atoms in total. The van der Waals surface area contributed by atoms with E-state index in [-0.39, 0.29) is 5.56 Å². The van der Waals surface area contributed by atoms with Gasteiger partial charge in [0.05, 0.1) is 36.4 Å². The topological polar surface area (TPSA) is 65.7 Å². The van der Waals surface area contributed by atoms with Crippen LogP contribution in [0.2, 0.25) is 5.02 Å². The van der Waals surface area contributed by atoms with E-state index in [1.54, 1.807) is 24.3 Å². The second-order valence-electron chi connectivity index (χ2n) is 6.41. The molecule has 150 valence electrons. The average molecular weight is 420 g/mol. The summed E-state index contributed by atoms with van der Waals surface area (Å²) in [5, 5.41) is 5.33. The Balaban J connectivity index is 1.91. The number of methoxy groups -OCH3 is 2. The highest BCUT2D eigenvalue weighted by Crippen LogP contribution is 2.32. The standard InChI is InChI=1S/C23H18ClN3O3/c1-29-20-12-16(18(24)13-21(20)30-2)14-25-27-22(15-8-4-3-5-9-15)26-19-11-7-6-10-17(19)23(27)28/h3-14H,1-2H3. The van der Waals surface area contributed by atoms with Crippen LogP contribution < -0.4 is 15.0 Å². The van der Waals surface area contributed by atoms with Crippen molar-refractivity contribution in [1.29, 1.82) is 0 Å². The van der Waals surface area contributed by atoms with Crippen LogP contribution in [-0.4, -0.2) is 30.1 Å². The summed E-state index contributed by atoms with van der Waals surface area (Å²) in [5.74, 6) is 1.46. The minimum absolute atomic E-state index is 0.271. The van der Waals surface area contributed by atoms with Gasteiger partial charge in [0.2, 0.25) is 0 Å². The monoisotopic (exact) mass is 419 g/mol. The van der Waals surface area contributed by atoms with Gasteiger partial charge in [0.1, 0.15) is 0 Å². The molecule has 1 aromatic heterocycles. The fourth-order valence-corrected chi connectivity index (χ4v) is 3.30. The summed E-state index contributed by atoms with van der Waals surface area (Å²) in [6, 6.07) is 20.0. The van der Waals surface area contributed by atoms with Gasteiger partial charge in [-0.05, 0) is 18.2 Å². The predicted octanol–water partition coefficient (Wildman–Crippen LogP) is 4.62. The first-order valence-corrected chi connectivity index (χ1v) is 9.53. The van der Waals surface area contributed by atoms with Gasteiger partial charge in [-0.1, -0.05) is 54.1 Å². The fraction of sp³-hybridized carbons (Fsp3) is 0.0870. The Morgan fingerprint density at radius 2 is 1.63 bits per heavy atom. The number of aromatic nitrogens is 2. The van der Waals surface area contributed by atoms with Gasteiger partial charge in [0, 0.05) is 17.2 Å². The number of nitrogens with zero attached hydrogens (tertiary/aromatic N) is 3. The molecular weight excluding hydrogens is 402 g/mol. The van der Waals surface area contributed by atoms with E-state index in [4.69, 9.17) is 21.1 Å². The molecule has 0 aliphatic carbocycles. The molecule has 30 heavy (non-hydrogen) atoms. The van der Waals surface area contributed by atoms with E-state index in [9.17, 15) is 4.79 Å². The van der Waals surface area contributed by atoms with Crippen molar-refractivity contribution in [1.82, 2.24) is 9.66 Å². The Labute approximate surface area is 178 Å². The molecule has 7 heteroatoms. The molecule has 4 aromatic rings. The van der Waals surface area contributed by atoms with Crippen LogP contribution in [0.15, 0.2) is 76.6 Å². The number of para-hydroxylation sites is 1. The van der Waals surface area contributed by atoms with Crippen molar-refractivity contribution >= 4 is 28.7 Å². The Hall–Kier alpha value is -3.64. The summed E-state index contributed by atoms with van der Waals surface area (Å²) in [6.45, 7) is 0. The molecule has 0 bridgehead atoms. The minimum Gasteiger partial charge on any atom is -0.493 e. The number of halogens is 1. The Morgan fingerprint density at radius 1 is 0.967 bits per heavy atom. The third-order valence-corrected chi connectivity index (χ3v) is 4.93. The second-order valence-corrected chi connectivity index (χ2v) is 6.82. The van der Waals surface area contributed by atoms with Gasteiger partial charge >= 0.3 is 0 Å². The lowest BCUT2D eigenvalue weighted by Crippen LogP contribution is -2.20. The maximum Gasteiger partial charge on any atom is 0.282 e. The average Bonchev–Trinajstić information content (AvgIpc) is 2.79. The molecule has 0 amide bonds. The number of hydrogen-bond donors (Lipinski definition) is 0. The highest BCUT2D eigenvalue weighted by molar-refractivity contribution is 6.33. The van der Waals surface area contributed by atoms with Gasteiger partial charge in [-0.3, -0.25) is 4.79 Å². The van der Waals surface area contributed by atoms with E-state index in [2.05, 4.69) is 10.1 Å². The number of ether oxygens (including phenoxy) is 2. The van der Waals surface area contributed by atoms with Crippen LogP contribution in [0.25, 0.3) is 22.3 Å². The first-order valence-electron chi connectivity index (χ1n) is 9.15. The maximum atomic E-state index is 13.2. The van der Waals surface area contributed by atoms with Gasteiger partial charge in [-0.15, -0.1) is 0 Å². The zero-order valence-electron chi connectivity index (χ0n) is 16.4. The molecular formula is C23H18ClN3O3. The summed E-state index contributed by atoms with van der Waals surface area (Å²) < 4.78 is 11.9. The van der Waals surface area contributed by atoms with Crippen molar-refractivity contribution < 1.29 is 9.47 Å². The van der Waals surface area contributed by atoms with Gasteiger partial charge < -0.3 is 9.47 Å². The van der Waals surface area contributed by atoms with E-state index in [1.807, 2.05) is 42.5 Å². The van der Waals surface area contributed by atoms with Crippen molar-refractivity contribution in [2.45, 2.75) is 0 Å². The lowest BCUT2D eigenvalue weighted by Gasteiger charge is -2.11. The quantitative estimate of drug-likeness (QED) is 0.443. The number of rotatable bonds is 5. The van der Waals surface area contributed by atoms with Gasteiger partial charge in [0.15, 0.2) is 17.3 Å². The van der Waals surface area contributed by atoms with Crippen LogP contribution in [-0.2, 0) is 0 Å². The van der Waals surface area contributed by atoms with Crippen molar-refractivity contribution in [2.24, 2.45) is 5.10 Å². The normalized spacial score (nSPS) is 11.2. The maximum absolute atomic E-state index is 13.2. The predicted molar refractivity (Wildman–Crippen MR) is 119 cm³/mol. The lowest BCUT2D eigenvalue weighted by molar-refractivity contribution is 0.355. The van der Waals surface area contributed by atoms with E-state index in [1.165, 1.54) is 25.1 Å². The summed E-state index contributed by atoms with van der Waals surface area (Å²) in [4.78, 5) is 17.9. The van der Waals surface area contributed by atoms with Crippen LogP contribution >= 0.6 is 11.6 Å². The molecule has 0 spiro atoms. The molecule has 0 fully saturated rings. The minimum atomic E-state index is -0.271. The first-order chi connectivity index (χ1) is 14.6. The largest absolute Gasteiger partial charge is 0.493 e. The van der Waals surface area contributed by atoms with E-state index < -0.39 is 0 Å². The van der Waals surface area contributed by atoms with E-state index in [0.29, 0.717) is 38.8 Å². The van der Waals surface area contributed by atoms with Crippen LogP contribution in [0.1, 0.15) is 5.56 Å². The van der Waals surface area contributed by atoms with Crippen molar-refractivity contribution in [3.05, 3.63) is 87.7 Å². The van der Waals surface area contributed by atoms with Gasteiger partial charge in [0.25, 0.3) is 5.56 Å². The molecule has 0 saturated carbocycles. The Bertz CT molecular complexity index is 1300. The molecule has 3 aromatic carbocycles. The Kier molecular flexibility index (Phi) is 5.50. The van der Waals surface area contributed by atoms with Crippen LogP contribution in [0.3, 0.4) is 0 Å². The highest BCUT2D eigenvalue weighted by atomic mass is 35.5. The summed E-state index contributed by atoms with van der Waals surface area (Å²) in [7, 11) is 3.08. The molecule has 0 radical (unpaired) electrons. The van der Waals surface area contributed by atoms with Crippen molar-refractivity contribution in [2.75, 3.05) is 14.2 Å². The fourth-order valence-electron chi connectivity index (χ4n) is 3.09. The van der Waals surface area contributed by atoms with Crippen LogP contribution in [0, 0.1) is 0 Å². The number of benzene rings is 3. The van der Waals surface area contributed by atoms with Gasteiger partial charge in [-0.2, -0.15) is 9.78 Å². The molecule has 0 atom stereocenters. The van der Waals surface area contributed by atoms with Crippen molar-refractivity contribution in [3.63, 3.8) is 0 Å². The summed E-state index contributed by atoms with van der Waals surface area (Å²) >= 11 is 6.37. The molecule has 0 aliphatic heterocycles. The molecule has 1 heterocycles. The van der Waals surface area contributed by atoms with Crippen molar-refractivity contribution in [3.8, 4) is 22.9 Å². The smallest absolute Gasteiger partial charge is 0.282 e. The third kappa shape index (κ3) is 3.65. The Morgan fingerprint density at radius 3 is 2.37 bits per heavy atom. The molecule has 0 unspecified atom stereocenters. The van der Waals surface area contributed by atoms with Crippen LogP contribution in [0.4, 0.5) is 0 Å². The second kappa shape index (κ2) is 8.39. The third-order valence-electron chi connectivity index (χ3n) is 4.60. The number of hydrogen-bond acceptors (Lipinski definition) is 5. The summed E-state index contributed by atoms with van der Waals surface area (Å²) in [5.41, 5.74) is 1.69. The number of fused-ring (bicyclic) bond motifs is 1. The summed E-state index contributed by atoms with van der Waals surface area (Å²) in [6.07, 6.45) is 1.51. The van der Waals surface area contributed by atoms with E-state index in [0.717, 1.165) is 5.56 Å². The van der Waals surface area contributed by atoms with E-state index >= 15 is 0 Å². The zero-order valence-corrected chi connectivity index (χ0v) is 17.1. The highest BCUT2D eigenvalue weighted by Gasteiger charge is 2.13. The lowest BCUT2D eigenvalue weighted by atomic mass is 10.2.